The molecule has 0 saturated carbocycles. The fourth-order valence-corrected chi connectivity index (χ4v) is 1.33. The fraction of sp³-hybridized carbons (Fsp3) is 0.214. The summed E-state index contributed by atoms with van der Waals surface area (Å²) in [6.07, 6.45) is 6.49. The minimum atomic E-state index is -0.391. The Balaban J connectivity index is 2.84. The first-order valence-electron chi connectivity index (χ1n) is 5.36. The number of esters is 1. The van der Waals surface area contributed by atoms with E-state index in [1.165, 1.54) is 13.2 Å². The first kappa shape index (κ1) is 13.8. The number of rotatable bonds is 5. The van der Waals surface area contributed by atoms with Crippen molar-refractivity contribution in [1.29, 1.82) is 0 Å². The molecule has 18 heavy (non-hydrogen) atoms. The molecule has 0 aliphatic carbocycles. The van der Waals surface area contributed by atoms with Crippen molar-refractivity contribution in [1.82, 2.24) is 0 Å². The third-order valence-corrected chi connectivity index (χ3v) is 2.26. The lowest BCUT2D eigenvalue weighted by Gasteiger charge is -2.06. The van der Waals surface area contributed by atoms with Crippen LogP contribution in [-0.4, -0.2) is 27.3 Å². The molecule has 0 aliphatic heterocycles. The Bertz CT molecular complexity index is 461. The van der Waals surface area contributed by atoms with Crippen LogP contribution in [0.5, 0.6) is 11.5 Å². The van der Waals surface area contributed by atoms with Gasteiger partial charge in [0.05, 0.1) is 21.3 Å². The van der Waals surface area contributed by atoms with Gasteiger partial charge in [-0.05, 0) is 18.2 Å². The van der Waals surface area contributed by atoms with Crippen molar-refractivity contribution in [3.63, 3.8) is 0 Å². The van der Waals surface area contributed by atoms with Crippen molar-refractivity contribution in [3.05, 3.63) is 42.0 Å². The highest BCUT2D eigenvalue weighted by molar-refractivity contribution is 5.82. The Labute approximate surface area is 106 Å². The smallest absolute Gasteiger partial charge is 0.330 e. The molecule has 0 atom stereocenters. The third kappa shape index (κ3) is 3.97. The van der Waals surface area contributed by atoms with Gasteiger partial charge >= 0.3 is 5.97 Å². The van der Waals surface area contributed by atoms with Crippen molar-refractivity contribution in [2.75, 3.05) is 21.3 Å². The van der Waals surface area contributed by atoms with Gasteiger partial charge in [-0.1, -0.05) is 18.2 Å². The summed E-state index contributed by atoms with van der Waals surface area (Å²) in [4.78, 5) is 10.9. The zero-order chi connectivity index (χ0) is 13.4. The van der Waals surface area contributed by atoms with E-state index in [4.69, 9.17) is 9.47 Å². The minimum absolute atomic E-state index is 0.391. The van der Waals surface area contributed by atoms with Crippen molar-refractivity contribution in [3.8, 4) is 11.5 Å². The van der Waals surface area contributed by atoms with Gasteiger partial charge in [0.1, 0.15) is 11.5 Å². The van der Waals surface area contributed by atoms with Gasteiger partial charge in [0.2, 0.25) is 0 Å². The lowest BCUT2D eigenvalue weighted by Crippen LogP contribution is -1.92. The Morgan fingerprint density at radius 3 is 2.50 bits per heavy atom. The fourth-order valence-electron chi connectivity index (χ4n) is 1.33. The Hall–Kier alpha value is -2.23. The summed E-state index contributed by atoms with van der Waals surface area (Å²) in [5.41, 5.74) is 0.867. The van der Waals surface area contributed by atoms with E-state index < -0.39 is 5.97 Å². The number of methoxy groups -OCH3 is 3. The molecule has 0 unspecified atom stereocenters. The molecule has 0 N–H and O–H groups in total. The Morgan fingerprint density at radius 1 is 1.11 bits per heavy atom. The first-order chi connectivity index (χ1) is 8.71. The molecule has 0 aromatic heterocycles. The lowest BCUT2D eigenvalue weighted by atomic mass is 10.1. The van der Waals surface area contributed by atoms with Crippen molar-refractivity contribution >= 4 is 12.0 Å². The van der Waals surface area contributed by atoms with Crippen LogP contribution in [0.4, 0.5) is 0 Å². The second kappa shape index (κ2) is 7.17. The van der Waals surface area contributed by atoms with Gasteiger partial charge in [-0.25, -0.2) is 4.79 Å². The monoisotopic (exact) mass is 248 g/mol. The van der Waals surface area contributed by atoms with Crippen LogP contribution in [0.25, 0.3) is 6.08 Å². The first-order valence-corrected chi connectivity index (χ1v) is 5.36. The molecule has 0 heterocycles. The number of carbonyl (C=O) groups excluding carboxylic acids is 1. The number of ether oxygens (including phenoxy) is 3. The van der Waals surface area contributed by atoms with Gasteiger partial charge in [-0.2, -0.15) is 0 Å². The molecule has 0 saturated heterocycles. The topological polar surface area (TPSA) is 44.8 Å². The molecule has 1 aromatic rings. The average Bonchev–Trinajstić information content (AvgIpc) is 2.42. The van der Waals surface area contributed by atoms with Crippen LogP contribution in [0.2, 0.25) is 0 Å². The van der Waals surface area contributed by atoms with Gasteiger partial charge in [-0.15, -0.1) is 0 Å². The molecular weight excluding hydrogens is 232 g/mol. The van der Waals surface area contributed by atoms with E-state index in [2.05, 4.69) is 4.74 Å². The van der Waals surface area contributed by atoms with Crippen LogP contribution in [-0.2, 0) is 9.53 Å². The molecule has 96 valence electrons. The molecule has 0 spiro atoms. The zero-order valence-corrected chi connectivity index (χ0v) is 10.7. The van der Waals surface area contributed by atoms with Gasteiger partial charge in [0.25, 0.3) is 0 Å². The maximum absolute atomic E-state index is 10.9. The van der Waals surface area contributed by atoms with E-state index in [0.29, 0.717) is 0 Å². The van der Waals surface area contributed by atoms with Crippen LogP contribution in [0, 0.1) is 0 Å². The molecule has 4 nitrogen and oxygen atoms in total. The molecule has 1 rings (SSSR count). The van der Waals surface area contributed by atoms with Crippen molar-refractivity contribution in [2.45, 2.75) is 0 Å². The van der Waals surface area contributed by atoms with Gasteiger partial charge < -0.3 is 14.2 Å². The highest BCUT2D eigenvalue weighted by atomic mass is 16.5. The van der Waals surface area contributed by atoms with E-state index in [-0.39, 0.29) is 0 Å². The Kier molecular flexibility index (Phi) is 5.51. The maximum atomic E-state index is 10.9. The number of hydrogen-bond acceptors (Lipinski definition) is 4. The molecule has 0 aliphatic rings. The number of carbonyl (C=O) groups is 1. The second-order valence-electron chi connectivity index (χ2n) is 3.35. The summed E-state index contributed by atoms with van der Waals surface area (Å²) in [5, 5.41) is 0. The lowest BCUT2D eigenvalue weighted by molar-refractivity contribution is -0.134. The predicted octanol–water partition coefficient (Wildman–Crippen LogP) is 2.45. The van der Waals surface area contributed by atoms with Crippen LogP contribution in [0.15, 0.2) is 36.4 Å². The maximum Gasteiger partial charge on any atom is 0.330 e. The average molecular weight is 248 g/mol. The van der Waals surface area contributed by atoms with Crippen molar-refractivity contribution < 1.29 is 19.0 Å². The summed E-state index contributed by atoms with van der Waals surface area (Å²) in [5.74, 6) is 1.09. The minimum Gasteiger partial charge on any atom is -0.497 e. The molecule has 0 radical (unpaired) electrons. The molecule has 0 fully saturated rings. The van der Waals surface area contributed by atoms with E-state index in [0.717, 1.165) is 17.1 Å². The van der Waals surface area contributed by atoms with E-state index in [1.807, 2.05) is 24.3 Å². The van der Waals surface area contributed by atoms with Crippen LogP contribution >= 0.6 is 0 Å². The molecule has 0 amide bonds. The summed E-state index contributed by atoms with van der Waals surface area (Å²) in [6.45, 7) is 0. The number of allylic oxidation sites excluding steroid dienone is 2. The van der Waals surface area contributed by atoms with E-state index in [1.54, 1.807) is 26.4 Å². The van der Waals surface area contributed by atoms with Gasteiger partial charge in [-0.3, -0.25) is 0 Å². The largest absolute Gasteiger partial charge is 0.497 e. The van der Waals surface area contributed by atoms with E-state index >= 15 is 0 Å². The SMILES string of the molecule is COC(=O)C=CC=Cc1cc(OC)ccc1OC. The molecular formula is C14H16O4. The quantitative estimate of drug-likeness (QED) is 0.456. The Morgan fingerprint density at radius 2 is 1.89 bits per heavy atom. The highest BCUT2D eigenvalue weighted by Crippen LogP contribution is 2.24. The summed E-state index contributed by atoms with van der Waals surface area (Å²) < 4.78 is 14.8. The summed E-state index contributed by atoms with van der Waals surface area (Å²) in [6, 6.07) is 5.49. The van der Waals surface area contributed by atoms with E-state index in [9.17, 15) is 4.79 Å². The summed E-state index contributed by atoms with van der Waals surface area (Å²) >= 11 is 0. The predicted molar refractivity (Wildman–Crippen MR) is 69.7 cm³/mol. The van der Waals surface area contributed by atoms with Crippen LogP contribution in [0.3, 0.4) is 0 Å². The van der Waals surface area contributed by atoms with Crippen LogP contribution < -0.4 is 9.47 Å². The van der Waals surface area contributed by atoms with Gasteiger partial charge in [0.15, 0.2) is 0 Å². The highest BCUT2D eigenvalue weighted by Gasteiger charge is 2.00. The van der Waals surface area contributed by atoms with Crippen molar-refractivity contribution in [2.24, 2.45) is 0 Å². The molecule has 4 heteroatoms. The third-order valence-electron chi connectivity index (χ3n) is 2.26. The number of hydrogen-bond donors (Lipinski definition) is 0. The summed E-state index contributed by atoms with van der Waals surface area (Å²) in [7, 11) is 4.54. The zero-order valence-electron chi connectivity index (χ0n) is 10.7. The number of benzene rings is 1. The normalized spacial score (nSPS) is 10.8. The second-order valence-corrected chi connectivity index (χ2v) is 3.35. The van der Waals surface area contributed by atoms with Gasteiger partial charge in [0, 0.05) is 11.6 Å². The standard InChI is InChI=1S/C14H16O4/c1-16-12-8-9-13(17-2)11(10-12)6-4-5-7-14(15)18-3/h4-10H,1-3H3. The molecule has 0 bridgehead atoms. The molecule has 1 aromatic carbocycles. The van der Waals surface area contributed by atoms with Crippen LogP contribution in [0.1, 0.15) is 5.56 Å².